The highest BCUT2D eigenvalue weighted by atomic mass is 19.1. The number of halogens is 2. The van der Waals surface area contributed by atoms with Gasteiger partial charge in [0, 0.05) is 37.2 Å². The van der Waals surface area contributed by atoms with Crippen LogP contribution < -0.4 is 21.5 Å². The van der Waals surface area contributed by atoms with Crippen LogP contribution in [0.5, 0.6) is 0 Å². The van der Waals surface area contributed by atoms with Crippen LogP contribution in [0.15, 0.2) is 53.5 Å². The summed E-state index contributed by atoms with van der Waals surface area (Å²) in [5, 5.41) is 12.4. The van der Waals surface area contributed by atoms with Gasteiger partial charge in [-0.1, -0.05) is 6.07 Å². The Morgan fingerprint density at radius 1 is 1.08 bits per heavy atom. The van der Waals surface area contributed by atoms with E-state index in [-0.39, 0.29) is 17.8 Å². The quantitative estimate of drug-likeness (QED) is 0.403. The number of carbonyl (C=O) groups is 1. The lowest BCUT2D eigenvalue weighted by atomic mass is 10.0. The number of fused-ring (bicyclic) bond motifs is 1. The van der Waals surface area contributed by atoms with Crippen LogP contribution >= 0.6 is 0 Å². The molecular weight excluding hydrogens is 508 g/mol. The van der Waals surface area contributed by atoms with Crippen molar-refractivity contribution in [2.75, 3.05) is 36.5 Å². The summed E-state index contributed by atoms with van der Waals surface area (Å²) in [6.07, 6.45) is 4.46. The standard InChI is InChI=1S/C27H27F2N7O3/c28-19-4-1-5-20(29)26(19)36-24(37)9-7-22(33-36)27(38)32-21-6-8-23-18(13-31-35(23)17-10-12-39-15-17)25(21)34-11-2-3-16(30)14-34/h1,4-9,13,16-17H,2-3,10-12,14-15,30H2,(H,32,38)/t16-,17+/m1/s1. The number of hydrogen-bond donors (Lipinski definition) is 2. The lowest BCUT2D eigenvalue weighted by Gasteiger charge is -2.34. The Morgan fingerprint density at radius 3 is 2.64 bits per heavy atom. The molecule has 2 aromatic carbocycles. The molecule has 1 amide bonds. The number of rotatable bonds is 5. The van der Waals surface area contributed by atoms with Crippen molar-refractivity contribution in [2.24, 2.45) is 5.73 Å². The van der Waals surface area contributed by atoms with Gasteiger partial charge in [0.2, 0.25) is 0 Å². The highest BCUT2D eigenvalue weighted by molar-refractivity contribution is 6.08. The van der Waals surface area contributed by atoms with E-state index in [1.165, 1.54) is 12.1 Å². The summed E-state index contributed by atoms with van der Waals surface area (Å²) in [6, 6.07) is 9.30. The number of hydrogen-bond acceptors (Lipinski definition) is 7. The molecule has 4 heterocycles. The summed E-state index contributed by atoms with van der Waals surface area (Å²) in [6.45, 7) is 2.63. The number of nitrogens with zero attached hydrogens (tertiary/aromatic N) is 5. The minimum atomic E-state index is -0.971. The third-order valence-corrected chi connectivity index (χ3v) is 7.21. The summed E-state index contributed by atoms with van der Waals surface area (Å²) >= 11 is 0. The second-order valence-electron chi connectivity index (χ2n) is 9.84. The zero-order valence-corrected chi connectivity index (χ0v) is 21.0. The van der Waals surface area contributed by atoms with Gasteiger partial charge in [0.1, 0.15) is 11.4 Å². The maximum atomic E-state index is 14.4. The maximum Gasteiger partial charge on any atom is 0.276 e. The van der Waals surface area contributed by atoms with E-state index in [0.717, 1.165) is 60.6 Å². The van der Waals surface area contributed by atoms with Crippen molar-refractivity contribution in [3.05, 3.63) is 76.3 Å². The summed E-state index contributed by atoms with van der Waals surface area (Å²) in [7, 11) is 0. The van der Waals surface area contributed by atoms with Gasteiger partial charge in [-0.15, -0.1) is 0 Å². The van der Waals surface area contributed by atoms with Gasteiger partial charge in [-0.2, -0.15) is 14.9 Å². The summed E-state index contributed by atoms with van der Waals surface area (Å²) in [5.74, 6) is -2.58. The highest BCUT2D eigenvalue weighted by Gasteiger charge is 2.27. The minimum absolute atomic E-state index is 0.0169. The van der Waals surface area contributed by atoms with E-state index in [0.29, 0.717) is 30.1 Å². The largest absolute Gasteiger partial charge is 0.379 e. The molecule has 0 saturated carbocycles. The fraction of sp³-hybridized carbons (Fsp3) is 0.333. The van der Waals surface area contributed by atoms with E-state index < -0.39 is 28.8 Å². The molecule has 6 rings (SSSR count). The molecule has 0 bridgehead atoms. The summed E-state index contributed by atoms with van der Waals surface area (Å²) in [5.41, 5.74) is 6.91. The second-order valence-corrected chi connectivity index (χ2v) is 9.84. The van der Waals surface area contributed by atoms with E-state index >= 15 is 0 Å². The van der Waals surface area contributed by atoms with Crippen LogP contribution in [-0.2, 0) is 4.74 Å². The average Bonchev–Trinajstić information content (AvgIpc) is 3.59. The molecule has 12 heteroatoms. The Bertz CT molecular complexity index is 1590. The predicted molar refractivity (Wildman–Crippen MR) is 141 cm³/mol. The lowest BCUT2D eigenvalue weighted by molar-refractivity contribution is 0.102. The molecule has 202 valence electrons. The molecule has 0 spiro atoms. The number of benzene rings is 2. The zero-order chi connectivity index (χ0) is 27.1. The molecule has 2 aromatic heterocycles. The fourth-order valence-electron chi connectivity index (χ4n) is 5.34. The number of amides is 1. The van der Waals surface area contributed by atoms with Crippen LogP contribution in [0.25, 0.3) is 16.6 Å². The predicted octanol–water partition coefficient (Wildman–Crippen LogP) is 3.00. The van der Waals surface area contributed by atoms with Gasteiger partial charge in [0.25, 0.3) is 11.5 Å². The Hall–Kier alpha value is -4.16. The van der Waals surface area contributed by atoms with Crippen molar-refractivity contribution in [3.8, 4) is 5.69 Å². The van der Waals surface area contributed by atoms with Crippen molar-refractivity contribution in [1.82, 2.24) is 19.6 Å². The number of nitrogens with two attached hydrogens (primary N) is 1. The molecule has 2 atom stereocenters. The maximum absolute atomic E-state index is 14.4. The molecule has 0 aliphatic carbocycles. The highest BCUT2D eigenvalue weighted by Crippen LogP contribution is 2.38. The van der Waals surface area contributed by atoms with Gasteiger partial charge >= 0.3 is 0 Å². The second kappa shape index (κ2) is 10.2. The minimum Gasteiger partial charge on any atom is -0.379 e. The van der Waals surface area contributed by atoms with Gasteiger partial charge in [-0.05, 0) is 49.6 Å². The average molecular weight is 536 g/mol. The van der Waals surface area contributed by atoms with Crippen LogP contribution in [0.3, 0.4) is 0 Å². The fourth-order valence-corrected chi connectivity index (χ4v) is 5.34. The van der Waals surface area contributed by atoms with Crippen molar-refractivity contribution in [2.45, 2.75) is 31.3 Å². The van der Waals surface area contributed by atoms with Crippen LogP contribution in [0.4, 0.5) is 20.2 Å². The molecule has 4 aromatic rings. The molecule has 3 N–H and O–H groups in total. The first-order valence-electron chi connectivity index (χ1n) is 12.9. The van der Waals surface area contributed by atoms with E-state index in [1.54, 1.807) is 12.3 Å². The number of piperidine rings is 1. The molecule has 0 radical (unpaired) electrons. The zero-order valence-electron chi connectivity index (χ0n) is 21.0. The Balaban J connectivity index is 1.39. The molecule has 39 heavy (non-hydrogen) atoms. The van der Waals surface area contributed by atoms with Gasteiger partial charge in [-0.25, -0.2) is 8.78 Å². The molecule has 2 aliphatic rings. The van der Waals surface area contributed by atoms with Crippen molar-refractivity contribution in [3.63, 3.8) is 0 Å². The number of nitrogens with one attached hydrogen (secondary N) is 1. The van der Waals surface area contributed by atoms with Crippen LogP contribution in [0, 0.1) is 11.6 Å². The number of carbonyl (C=O) groups excluding carboxylic acids is 1. The first-order valence-corrected chi connectivity index (χ1v) is 12.9. The van der Waals surface area contributed by atoms with Crippen molar-refractivity contribution in [1.29, 1.82) is 0 Å². The van der Waals surface area contributed by atoms with E-state index in [9.17, 15) is 18.4 Å². The Labute approximate surface area is 222 Å². The molecular formula is C27H27F2N7O3. The number of para-hydroxylation sites is 1. The topological polar surface area (TPSA) is 120 Å². The molecule has 2 fully saturated rings. The SMILES string of the molecule is N[C@@H]1CCCN(c2c(NC(=O)c3ccc(=O)n(-c4c(F)cccc4F)n3)ccc3c2cnn3[C@H]2CCOC2)C1. The van der Waals surface area contributed by atoms with E-state index in [1.807, 2.05) is 10.7 Å². The normalized spacial score (nSPS) is 19.5. The number of aromatic nitrogens is 4. The summed E-state index contributed by atoms with van der Waals surface area (Å²) < 4.78 is 36.8. The van der Waals surface area contributed by atoms with Crippen molar-refractivity contribution < 1.29 is 18.3 Å². The molecule has 2 aliphatic heterocycles. The molecule has 0 unspecified atom stereocenters. The van der Waals surface area contributed by atoms with Gasteiger partial charge < -0.3 is 20.7 Å². The Morgan fingerprint density at radius 2 is 1.90 bits per heavy atom. The van der Waals surface area contributed by atoms with Crippen LogP contribution in [0.2, 0.25) is 0 Å². The first kappa shape index (κ1) is 25.1. The van der Waals surface area contributed by atoms with Crippen LogP contribution in [-0.4, -0.2) is 57.8 Å². The van der Waals surface area contributed by atoms with Crippen molar-refractivity contribution >= 4 is 28.2 Å². The van der Waals surface area contributed by atoms with Gasteiger partial charge in [-0.3, -0.25) is 14.3 Å². The first-order chi connectivity index (χ1) is 18.9. The smallest absolute Gasteiger partial charge is 0.276 e. The lowest BCUT2D eigenvalue weighted by Crippen LogP contribution is -2.43. The van der Waals surface area contributed by atoms with Crippen LogP contribution in [0.1, 0.15) is 35.8 Å². The number of anilines is 2. The van der Waals surface area contributed by atoms with Gasteiger partial charge in [0.05, 0.1) is 35.7 Å². The van der Waals surface area contributed by atoms with E-state index in [2.05, 4.69) is 20.4 Å². The van der Waals surface area contributed by atoms with E-state index in [4.69, 9.17) is 10.5 Å². The third kappa shape index (κ3) is 4.66. The Kier molecular flexibility index (Phi) is 6.57. The third-order valence-electron chi connectivity index (χ3n) is 7.21. The molecule has 2 saturated heterocycles. The van der Waals surface area contributed by atoms with Gasteiger partial charge in [0.15, 0.2) is 11.6 Å². The summed E-state index contributed by atoms with van der Waals surface area (Å²) in [4.78, 5) is 27.9. The monoisotopic (exact) mass is 535 g/mol. The number of ether oxygens (including phenoxy) is 1. The molecule has 10 nitrogen and oxygen atoms in total.